The van der Waals surface area contributed by atoms with Gasteiger partial charge in [0.2, 0.25) is 0 Å². The number of carbonyl (C=O) groups is 1. The number of hydrogen-bond acceptors (Lipinski definition) is 4. The van der Waals surface area contributed by atoms with Gasteiger partial charge in [-0.05, 0) is 60.5 Å². The Morgan fingerprint density at radius 2 is 1.97 bits per heavy atom. The summed E-state index contributed by atoms with van der Waals surface area (Å²) in [4.78, 5) is 16.5. The normalized spacial score (nSPS) is 28.3. The van der Waals surface area contributed by atoms with Crippen LogP contribution >= 0.6 is 11.3 Å². The lowest BCUT2D eigenvalue weighted by atomic mass is 9.75. The first kappa shape index (κ1) is 23.0. The molecule has 1 unspecified atom stereocenters. The number of aromatic carboxylic acids is 1. The summed E-state index contributed by atoms with van der Waals surface area (Å²) in [5.74, 6) is 1.29. The lowest BCUT2D eigenvalue weighted by Gasteiger charge is -2.37. The third kappa shape index (κ3) is 5.26. The minimum Gasteiger partial charge on any atom is -0.477 e. The van der Waals surface area contributed by atoms with Crippen molar-refractivity contribution in [2.75, 3.05) is 32.8 Å². The van der Waals surface area contributed by atoms with Gasteiger partial charge in [0.05, 0.1) is 6.61 Å². The van der Waals surface area contributed by atoms with E-state index in [1.165, 1.54) is 47.5 Å². The average molecular weight is 446 g/mol. The highest BCUT2D eigenvalue weighted by Gasteiger charge is 2.33. The molecule has 1 aromatic heterocycles. The zero-order valence-electron chi connectivity index (χ0n) is 19.7. The fourth-order valence-corrected chi connectivity index (χ4v) is 6.63. The molecule has 4 rings (SSSR count). The molecule has 0 aromatic carbocycles. The summed E-state index contributed by atoms with van der Waals surface area (Å²) in [5, 5.41) is 10.1. The summed E-state index contributed by atoms with van der Waals surface area (Å²) in [7, 11) is 0. The number of hydrogen-bond donors (Lipinski definition) is 1. The lowest BCUT2D eigenvalue weighted by Crippen LogP contribution is -2.37. The van der Waals surface area contributed by atoms with Crippen LogP contribution in [0, 0.1) is 17.8 Å². The zero-order valence-corrected chi connectivity index (χ0v) is 20.5. The van der Waals surface area contributed by atoms with Gasteiger partial charge in [-0.15, -0.1) is 11.3 Å². The van der Waals surface area contributed by atoms with E-state index in [-0.39, 0.29) is 5.41 Å². The molecule has 0 amide bonds. The highest BCUT2D eigenvalue weighted by Crippen LogP contribution is 2.43. The molecule has 0 bridgehead atoms. The van der Waals surface area contributed by atoms with Crippen molar-refractivity contribution in [1.29, 1.82) is 0 Å². The van der Waals surface area contributed by atoms with Crippen molar-refractivity contribution in [2.45, 2.75) is 71.6 Å². The van der Waals surface area contributed by atoms with E-state index >= 15 is 0 Å². The average Bonchev–Trinajstić information content (AvgIpc) is 3.38. The Kier molecular flexibility index (Phi) is 6.95. The van der Waals surface area contributed by atoms with E-state index in [2.05, 4.69) is 38.7 Å². The molecule has 4 nitrogen and oxygen atoms in total. The molecule has 2 fully saturated rings. The van der Waals surface area contributed by atoms with Gasteiger partial charge in [0.25, 0.3) is 0 Å². The maximum atomic E-state index is 12.2. The highest BCUT2D eigenvalue weighted by atomic mass is 32.1. The van der Waals surface area contributed by atoms with Gasteiger partial charge in [0.1, 0.15) is 4.88 Å². The van der Waals surface area contributed by atoms with Crippen LogP contribution in [0.5, 0.6) is 0 Å². The summed E-state index contributed by atoms with van der Waals surface area (Å²) in [6.45, 7) is 13.7. The minimum atomic E-state index is -0.777. The van der Waals surface area contributed by atoms with Crippen molar-refractivity contribution in [2.24, 2.45) is 17.8 Å². The van der Waals surface area contributed by atoms with Gasteiger partial charge in [-0.3, -0.25) is 4.90 Å². The van der Waals surface area contributed by atoms with E-state index < -0.39 is 5.97 Å². The second-order valence-corrected chi connectivity index (χ2v) is 12.1. The molecule has 3 aliphatic rings. The van der Waals surface area contributed by atoms with Crippen LogP contribution in [0.3, 0.4) is 0 Å². The molecular formula is C26H39NO3S. The van der Waals surface area contributed by atoms with E-state index in [4.69, 9.17) is 4.74 Å². The predicted molar refractivity (Wildman–Crippen MR) is 128 cm³/mol. The number of thiophene rings is 1. The third-order valence-corrected chi connectivity index (χ3v) is 9.06. The second kappa shape index (κ2) is 9.36. The summed E-state index contributed by atoms with van der Waals surface area (Å²) in [6, 6.07) is 2.21. The van der Waals surface area contributed by atoms with Crippen LogP contribution in [0.25, 0.3) is 5.57 Å². The number of carboxylic acids is 1. The lowest BCUT2D eigenvalue weighted by molar-refractivity contribution is 0.0701. The van der Waals surface area contributed by atoms with Gasteiger partial charge >= 0.3 is 5.97 Å². The van der Waals surface area contributed by atoms with Gasteiger partial charge in [-0.1, -0.05) is 46.1 Å². The molecule has 1 aliphatic carbocycles. The van der Waals surface area contributed by atoms with Crippen molar-refractivity contribution in [3.63, 3.8) is 0 Å². The molecule has 172 valence electrons. The number of ether oxygens (including phenoxy) is 1. The highest BCUT2D eigenvalue weighted by molar-refractivity contribution is 7.14. The Morgan fingerprint density at radius 1 is 1.23 bits per heavy atom. The monoisotopic (exact) mass is 445 g/mol. The SMILES string of the molecule is CC1CCC(C2=C(c3cc(C(C)(C)C)sc3C(=O)O)CN(CC3CCOC3)CC2)CC1. The number of carboxylic acid groups (broad SMARTS) is 1. The molecule has 2 aliphatic heterocycles. The largest absolute Gasteiger partial charge is 0.477 e. The van der Waals surface area contributed by atoms with E-state index in [0.29, 0.717) is 16.7 Å². The van der Waals surface area contributed by atoms with E-state index in [1.54, 1.807) is 5.57 Å². The fraction of sp³-hybridized carbons (Fsp3) is 0.731. The molecule has 0 radical (unpaired) electrons. The molecule has 5 heteroatoms. The first-order valence-corrected chi connectivity index (χ1v) is 12.9. The molecule has 3 heterocycles. The fourth-order valence-electron chi connectivity index (χ4n) is 5.54. The van der Waals surface area contributed by atoms with Crippen molar-refractivity contribution in [3.8, 4) is 0 Å². The number of rotatable bonds is 5. The van der Waals surface area contributed by atoms with Gasteiger partial charge in [-0.25, -0.2) is 4.79 Å². The van der Waals surface area contributed by atoms with Crippen LogP contribution in [0.4, 0.5) is 0 Å². The van der Waals surface area contributed by atoms with Gasteiger partial charge in [-0.2, -0.15) is 0 Å². The summed E-state index contributed by atoms with van der Waals surface area (Å²) < 4.78 is 5.61. The zero-order chi connectivity index (χ0) is 22.2. The standard InChI is InChI=1S/C26H39NO3S/c1-17-5-7-19(8-6-17)20-9-11-27(14-18-10-12-30-16-18)15-22(20)21-13-23(26(2,3)4)31-24(21)25(28)29/h13,17-19H,5-12,14-16H2,1-4H3,(H,28,29). The smallest absolute Gasteiger partial charge is 0.346 e. The van der Waals surface area contributed by atoms with Crippen LogP contribution in [0.2, 0.25) is 0 Å². The Bertz CT molecular complexity index is 820. The Balaban J connectivity index is 1.70. The van der Waals surface area contributed by atoms with Crippen molar-refractivity contribution in [3.05, 3.63) is 27.0 Å². The van der Waals surface area contributed by atoms with E-state index in [1.807, 2.05) is 0 Å². The maximum absolute atomic E-state index is 12.2. The van der Waals surface area contributed by atoms with Crippen LogP contribution < -0.4 is 0 Å². The first-order valence-electron chi connectivity index (χ1n) is 12.1. The molecule has 0 spiro atoms. The Labute approximate surface area is 191 Å². The molecule has 1 saturated carbocycles. The summed E-state index contributed by atoms with van der Waals surface area (Å²) in [6.07, 6.45) is 7.35. The Morgan fingerprint density at radius 3 is 2.58 bits per heavy atom. The van der Waals surface area contributed by atoms with Gasteiger partial charge in [0, 0.05) is 36.7 Å². The van der Waals surface area contributed by atoms with E-state index in [0.717, 1.165) is 57.2 Å². The minimum absolute atomic E-state index is 0.0380. The molecule has 1 N–H and O–H groups in total. The van der Waals surface area contributed by atoms with Crippen molar-refractivity contribution in [1.82, 2.24) is 4.90 Å². The number of nitrogens with zero attached hydrogens (tertiary/aromatic N) is 1. The van der Waals surface area contributed by atoms with Crippen LogP contribution in [0.1, 0.15) is 86.3 Å². The molecule has 1 saturated heterocycles. The maximum Gasteiger partial charge on any atom is 0.346 e. The van der Waals surface area contributed by atoms with Crippen LogP contribution in [-0.4, -0.2) is 48.8 Å². The predicted octanol–water partition coefficient (Wildman–Crippen LogP) is 6.07. The quantitative estimate of drug-likeness (QED) is 0.598. The van der Waals surface area contributed by atoms with Gasteiger partial charge in [0.15, 0.2) is 0 Å². The third-order valence-electron chi connectivity index (χ3n) is 7.51. The van der Waals surface area contributed by atoms with Crippen LogP contribution in [0.15, 0.2) is 11.6 Å². The molecule has 31 heavy (non-hydrogen) atoms. The first-order chi connectivity index (χ1) is 14.7. The molecular weight excluding hydrogens is 406 g/mol. The van der Waals surface area contributed by atoms with Gasteiger partial charge < -0.3 is 9.84 Å². The topological polar surface area (TPSA) is 49.8 Å². The summed E-state index contributed by atoms with van der Waals surface area (Å²) >= 11 is 1.48. The second-order valence-electron chi connectivity index (χ2n) is 11.1. The molecule has 1 aromatic rings. The Hall–Kier alpha value is -1.17. The van der Waals surface area contributed by atoms with Crippen LogP contribution in [-0.2, 0) is 10.2 Å². The summed E-state index contributed by atoms with van der Waals surface area (Å²) in [5.41, 5.74) is 3.85. The van der Waals surface area contributed by atoms with Crippen molar-refractivity contribution >= 4 is 22.9 Å². The van der Waals surface area contributed by atoms with Crippen molar-refractivity contribution < 1.29 is 14.6 Å². The molecule has 1 atom stereocenters. The van der Waals surface area contributed by atoms with E-state index in [9.17, 15) is 9.90 Å².